The monoisotopic (exact) mass is 381 g/mol. The largest absolute Gasteiger partial charge is 0.487 e. The zero-order chi connectivity index (χ0) is 15.5. The molecule has 0 saturated heterocycles. The SMILES string of the molecule is CCOC(=O)[CH-]N(CCC(=O)OCC)Cc1ccccc1.[Y]. The van der Waals surface area contributed by atoms with E-state index in [-0.39, 0.29) is 45.1 Å². The molecule has 1 rings (SSSR count). The van der Waals surface area contributed by atoms with E-state index in [9.17, 15) is 9.59 Å². The molecule has 22 heavy (non-hydrogen) atoms. The van der Waals surface area contributed by atoms with Crippen molar-refractivity contribution in [2.24, 2.45) is 0 Å². The van der Waals surface area contributed by atoms with Gasteiger partial charge < -0.3 is 14.4 Å². The van der Waals surface area contributed by atoms with Crippen molar-refractivity contribution in [3.8, 4) is 0 Å². The summed E-state index contributed by atoms with van der Waals surface area (Å²) in [6.45, 7) is 6.56. The van der Waals surface area contributed by atoms with Gasteiger partial charge in [0.15, 0.2) is 5.97 Å². The molecule has 0 amide bonds. The van der Waals surface area contributed by atoms with E-state index < -0.39 is 5.97 Å². The zero-order valence-corrected chi connectivity index (χ0v) is 16.0. The smallest absolute Gasteiger partial charge is 0.306 e. The standard InChI is InChI=1S/C16H22NO4.Y/c1-3-20-15(18)10-11-17(13-16(19)21-4-2)12-14-8-6-5-7-9-14;/h5-9,13H,3-4,10-12H2,1-2H3;/q-1;. The minimum atomic E-state index is -0.405. The molecular weight excluding hydrogens is 359 g/mol. The fourth-order valence-corrected chi connectivity index (χ4v) is 1.80. The van der Waals surface area contributed by atoms with Crippen molar-refractivity contribution in [1.29, 1.82) is 0 Å². The Labute approximate surface area is 157 Å². The van der Waals surface area contributed by atoms with E-state index in [4.69, 9.17) is 9.47 Å². The summed E-state index contributed by atoms with van der Waals surface area (Å²) in [5, 5.41) is 0. The molecule has 0 aromatic heterocycles. The molecule has 1 aromatic carbocycles. The van der Waals surface area contributed by atoms with Gasteiger partial charge in [0.2, 0.25) is 0 Å². The van der Waals surface area contributed by atoms with Gasteiger partial charge in [0.25, 0.3) is 0 Å². The van der Waals surface area contributed by atoms with Crippen LogP contribution >= 0.6 is 0 Å². The summed E-state index contributed by atoms with van der Waals surface area (Å²) >= 11 is 0. The number of esters is 2. The fraction of sp³-hybridized carbons (Fsp3) is 0.438. The quantitative estimate of drug-likeness (QED) is 0.485. The van der Waals surface area contributed by atoms with Crippen molar-refractivity contribution in [3.63, 3.8) is 0 Å². The van der Waals surface area contributed by atoms with Gasteiger partial charge in [-0.1, -0.05) is 30.3 Å². The van der Waals surface area contributed by atoms with Crippen molar-refractivity contribution >= 4 is 11.9 Å². The molecule has 0 aliphatic heterocycles. The molecule has 0 spiro atoms. The topological polar surface area (TPSA) is 55.8 Å². The van der Waals surface area contributed by atoms with Gasteiger partial charge in [0, 0.05) is 32.7 Å². The number of nitrogens with zero attached hydrogens (tertiary/aromatic N) is 1. The average Bonchev–Trinajstić information content (AvgIpc) is 2.46. The fourth-order valence-electron chi connectivity index (χ4n) is 1.80. The molecule has 0 atom stereocenters. The molecule has 0 N–H and O–H groups in total. The second-order valence-corrected chi connectivity index (χ2v) is 4.39. The molecule has 0 saturated carbocycles. The third-order valence-electron chi connectivity index (χ3n) is 2.71. The Morgan fingerprint density at radius 1 is 1.09 bits per heavy atom. The van der Waals surface area contributed by atoms with E-state index >= 15 is 0 Å². The van der Waals surface area contributed by atoms with E-state index in [1.165, 1.54) is 6.54 Å². The maximum atomic E-state index is 11.6. The van der Waals surface area contributed by atoms with Gasteiger partial charge in [-0.15, -0.1) is 0 Å². The third kappa shape index (κ3) is 9.18. The second-order valence-electron chi connectivity index (χ2n) is 4.39. The van der Waals surface area contributed by atoms with Gasteiger partial charge in [-0.3, -0.25) is 9.59 Å². The van der Waals surface area contributed by atoms with E-state index in [0.29, 0.717) is 26.3 Å². The molecule has 0 bridgehead atoms. The van der Waals surface area contributed by atoms with Crippen LogP contribution in [0.15, 0.2) is 30.3 Å². The maximum Gasteiger partial charge on any atom is 0.306 e. The third-order valence-corrected chi connectivity index (χ3v) is 2.71. The summed E-state index contributed by atoms with van der Waals surface area (Å²) in [6.07, 6.45) is 0.233. The van der Waals surface area contributed by atoms with Crippen LogP contribution in [-0.4, -0.2) is 36.6 Å². The van der Waals surface area contributed by atoms with Crippen LogP contribution in [0, 0.1) is 6.54 Å². The molecule has 1 radical (unpaired) electrons. The minimum Gasteiger partial charge on any atom is -0.487 e. The van der Waals surface area contributed by atoms with Gasteiger partial charge in [-0.05, 0) is 32.5 Å². The predicted molar refractivity (Wildman–Crippen MR) is 79.0 cm³/mol. The number of benzene rings is 1. The molecule has 1 aromatic rings. The van der Waals surface area contributed by atoms with Gasteiger partial charge in [-0.2, -0.15) is 0 Å². The summed E-state index contributed by atoms with van der Waals surface area (Å²) < 4.78 is 9.81. The Kier molecular flexibility index (Phi) is 12.1. The molecule has 119 valence electrons. The van der Waals surface area contributed by atoms with Gasteiger partial charge >= 0.3 is 5.97 Å². The number of carbonyl (C=O) groups is 2. The summed E-state index contributed by atoms with van der Waals surface area (Å²) in [5.41, 5.74) is 1.06. The van der Waals surface area contributed by atoms with Crippen LogP contribution in [0.4, 0.5) is 0 Å². The first kappa shape index (κ1) is 21.1. The van der Waals surface area contributed by atoms with E-state index in [1.54, 1.807) is 18.7 Å². The Morgan fingerprint density at radius 3 is 2.32 bits per heavy atom. The molecule has 0 aliphatic carbocycles. The van der Waals surface area contributed by atoms with E-state index in [2.05, 4.69) is 0 Å². The zero-order valence-electron chi connectivity index (χ0n) is 13.2. The van der Waals surface area contributed by atoms with Crippen molar-refractivity contribution in [1.82, 2.24) is 4.90 Å². The molecule has 6 heteroatoms. The molecule has 0 heterocycles. The Morgan fingerprint density at radius 2 is 1.73 bits per heavy atom. The molecule has 0 aliphatic rings. The molecular formula is C16H22NO4Y-. The minimum absolute atomic E-state index is 0. The van der Waals surface area contributed by atoms with Crippen LogP contribution in [0.25, 0.3) is 0 Å². The van der Waals surface area contributed by atoms with Crippen LogP contribution in [0.1, 0.15) is 25.8 Å². The van der Waals surface area contributed by atoms with E-state index in [0.717, 1.165) is 5.56 Å². The van der Waals surface area contributed by atoms with Crippen LogP contribution < -0.4 is 0 Å². The van der Waals surface area contributed by atoms with Crippen molar-refractivity contribution in [2.45, 2.75) is 26.8 Å². The van der Waals surface area contributed by atoms with Gasteiger partial charge in [-0.25, -0.2) is 6.54 Å². The summed E-state index contributed by atoms with van der Waals surface area (Å²) in [5.74, 6) is -0.676. The van der Waals surface area contributed by atoms with Crippen LogP contribution in [0.2, 0.25) is 0 Å². The van der Waals surface area contributed by atoms with Gasteiger partial charge in [0.05, 0.1) is 19.6 Å². The van der Waals surface area contributed by atoms with Crippen LogP contribution in [0.3, 0.4) is 0 Å². The molecule has 5 nitrogen and oxygen atoms in total. The summed E-state index contributed by atoms with van der Waals surface area (Å²) in [7, 11) is 0. The Balaban J connectivity index is 0.00000441. The first-order valence-corrected chi connectivity index (χ1v) is 7.11. The number of carbonyl (C=O) groups excluding carboxylic acids is 2. The maximum absolute atomic E-state index is 11.6. The number of hydrogen-bond donors (Lipinski definition) is 0. The Hall–Kier alpha value is -0.906. The number of hydrogen-bond acceptors (Lipinski definition) is 5. The average molecular weight is 381 g/mol. The summed E-state index contributed by atoms with van der Waals surface area (Å²) in [4.78, 5) is 24.8. The second kappa shape index (κ2) is 12.6. The first-order valence-electron chi connectivity index (χ1n) is 7.11. The molecule has 0 fully saturated rings. The number of rotatable bonds is 9. The van der Waals surface area contributed by atoms with Crippen LogP contribution in [0.5, 0.6) is 0 Å². The van der Waals surface area contributed by atoms with Crippen molar-refractivity contribution in [2.75, 3.05) is 19.8 Å². The summed E-state index contributed by atoms with van der Waals surface area (Å²) in [6, 6.07) is 9.74. The van der Waals surface area contributed by atoms with Crippen LogP contribution in [-0.2, 0) is 58.3 Å². The predicted octanol–water partition coefficient (Wildman–Crippen LogP) is 2.16. The molecule has 0 unspecified atom stereocenters. The van der Waals surface area contributed by atoms with Crippen molar-refractivity contribution < 1.29 is 51.8 Å². The normalized spacial score (nSPS) is 9.77. The number of ether oxygens (including phenoxy) is 2. The van der Waals surface area contributed by atoms with Gasteiger partial charge in [0.1, 0.15) is 0 Å². The van der Waals surface area contributed by atoms with E-state index in [1.807, 2.05) is 30.3 Å². The van der Waals surface area contributed by atoms with Crippen molar-refractivity contribution in [3.05, 3.63) is 42.4 Å². The first-order chi connectivity index (χ1) is 10.2. The Bertz CT molecular complexity index is 439.